The van der Waals surface area contributed by atoms with Crippen LogP contribution in [0.15, 0.2) is 18.5 Å². The molecule has 0 fully saturated rings. The van der Waals surface area contributed by atoms with Gasteiger partial charge in [0.05, 0.1) is 23.8 Å². The number of primary amides is 2. The lowest BCUT2D eigenvalue weighted by molar-refractivity contribution is 0.253. The Balaban J connectivity index is 3.04. The Morgan fingerprint density at radius 2 is 1.38 bits per heavy atom. The van der Waals surface area contributed by atoms with Gasteiger partial charge in [0, 0.05) is 0 Å². The fourth-order valence-electron chi connectivity index (χ4n) is 0.934. The molecule has 0 aliphatic rings. The minimum Gasteiger partial charge on any atom is -0.350 e. The quantitative estimate of drug-likeness (QED) is 0.276. The fourth-order valence-corrected chi connectivity index (χ4v) is 0.934. The van der Waals surface area contributed by atoms with Gasteiger partial charge in [0.25, 0.3) is 0 Å². The lowest BCUT2D eigenvalue weighted by Crippen LogP contribution is -2.43. The van der Waals surface area contributed by atoms with Crippen molar-refractivity contribution in [2.45, 2.75) is 0 Å². The van der Waals surface area contributed by atoms with Crippen LogP contribution >= 0.6 is 0 Å². The lowest BCUT2D eigenvalue weighted by atomic mass is 10.3. The van der Waals surface area contributed by atoms with Crippen LogP contribution in [-0.2, 0) is 0 Å². The molecule has 1 aromatic heterocycles. The predicted molar refractivity (Wildman–Crippen MR) is 56.7 cm³/mol. The molecule has 0 spiro atoms. The van der Waals surface area contributed by atoms with Crippen LogP contribution in [0.3, 0.4) is 0 Å². The van der Waals surface area contributed by atoms with Gasteiger partial charge < -0.3 is 11.5 Å². The molecule has 9 heteroatoms. The number of rotatable bonds is 2. The van der Waals surface area contributed by atoms with Crippen LogP contribution < -0.4 is 33.2 Å². The molecular weight excluding hydrogens is 214 g/mol. The van der Waals surface area contributed by atoms with Gasteiger partial charge in [-0.25, -0.2) is 31.3 Å². The van der Waals surface area contributed by atoms with Crippen molar-refractivity contribution in [3.63, 3.8) is 0 Å². The van der Waals surface area contributed by atoms with Crippen LogP contribution in [0.1, 0.15) is 0 Å². The summed E-state index contributed by atoms with van der Waals surface area (Å²) in [5, 5.41) is 1.32. The molecule has 0 aromatic carbocycles. The zero-order valence-electron chi connectivity index (χ0n) is 8.20. The molecule has 0 aliphatic carbocycles. The predicted octanol–water partition coefficient (Wildman–Crippen LogP) is -1.40. The summed E-state index contributed by atoms with van der Waals surface area (Å²) in [7, 11) is 0. The number of carbonyl (C=O) groups is 2. The molecule has 0 atom stereocenters. The number of nitrogens with zero attached hydrogens (tertiary/aromatic N) is 3. The van der Waals surface area contributed by atoms with Gasteiger partial charge in [-0.15, -0.1) is 0 Å². The fraction of sp³-hybridized carbons (Fsp3) is 0. The molecule has 0 saturated heterocycles. The van der Waals surface area contributed by atoms with Crippen LogP contribution in [-0.4, -0.2) is 17.0 Å². The highest BCUT2D eigenvalue weighted by Crippen LogP contribution is 2.17. The second-order valence-corrected chi connectivity index (χ2v) is 2.82. The Morgan fingerprint density at radius 3 is 1.69 bits per heavy atom. The van der Waals surface area contributed by atoms with Gasteiger partial charge in [-0.05, 0) is 6.07 Å². The molecule has 16 heavy (non-hydrogen) atoms. The first kappa shape index (κ1) is 11.7. The summed E-state index contributed by atoms with van der Waals surface area (Å²) in [5.74, 6) is 10.7. The molecule has 4 amide bonds. The van der Waals surface area contributed by atoms with E-state index in [1.807, 2.05) is 0 Å². The SMILES string of the molecule is NC(=O)N(N)c1cncc(N(N)C(N)=O)c1. The highest BCUT2D eigenvalue weighted by molar-refractivity contribution is 5.92. The number of amides is 4. The third-order valence-electron chi connectivity index (χ3n) is 1.74. The molecule has 0 aliphatic heterocycles. The number of carbonyl (C=O) groups excluding carboxylic acids is 2. The zero-order chi connectivity index (χ0) is 12.3. The normalized spacial score (nSPS) is 9.62. The largest absolute Gasteiger partial charge is 0.350 e. The maximum atomic E-state index is 10.8. The van der Waals surface area contributed by atoms with E-state index in [4.69, 9.17) is 23.2 Å². The Kier molecular flexibility index (Phi) is 3.23. The monoisotopic (exact) mass is 225 g/mol. The van der Waals surface area contributed by atoms with Crippen molar-refractivity contribution >= 4 is 23.4 Å². The van der Waals surface area contributed by atoms with Crippen molar-refractivity contribution < 1.29 is 9.59 Å². The third kappa shape index (κ3) is 2.34. The topological polar surface area (TPSA) is 158 Å². The van der Waals surface area contributed by atoms with E-state index in [1.165, 1.54) is 18.5 Å². The molecular formula is C7H11N7O2. The third-order valence-corrected chi connectivity index (χ3v) is 1.74. The summed E-state index contributed by atoms with van der Waals surface area (Å²) in [6.07, 6.45) is 2.56. The van der Waals surface area contributed by atoms with Gasteiger partial charge in [0.2, 0.25) is 0 Å². The molecule has 0 unspecified atom stereocenters. The van der Waals surface area contributed by atoms with E-state index in [0.717, 1.165) is 0 Å². The van der Waals surface area contributed by atoms with Crippen molar-refractivity contribution in [3.8, 4) is 0 Å². The van der Waals surface area contributed by atoms with E-state index in [-0.39, 0.29) is 11.4 Å². The van der Waals surface area contributed by atoms with Gasteiger partial charge in [0.1, 0.15) is 0 Å². The van der Waals surface area contributed by atoms with Crippen LogP contribution in [0.25, 0.3) is 0 Å². The van der Waals surface area contributed by atoms with Crippen molar-refractivity contribution in [1.82, 2.24) is 4.98 Å². The summed E-state index contributed by atoms with van der Waals surface area (Å²) in [6.45, 7) is 0. The van der Waals surface area contributed by atoms with Crippen LogP contribution in [0.4, 0.5) is 21.0 Å². The molecule has 0 bridgehead atoms. The number of hydrogen-bond donors (Lipinski definition) is 4. The van der Waals surface area contributed by atoms with E-state index in [2.05, 4.69) is 4.98 Å². The molecule has 9 nitrogen and oxygen atoms in total. The maximum absolute atomic E-state index is 10.8. The first-order valence-corrected chi connectivity index (χ1v) is 4.07. The number of pyridine rings is 1. The van der Waals surface area contributed by atoms with Gasteiger partial charge in [-0.1, -0.05) is 0 Å². The summed E-state index contributed by atoms with van der Waals surface area (Å²) in [6, 6.07) is -0.411. The summed E-state index contributed by atoms with van der Waals surface area (Å²) < 4.78 is 0. The van der Waals surface area contributed by atoms with Crippen molar-refractivity contribution in [2.24, 2.45) is 23.2 Å². The van der Waals surface area contributed by atoms with Gasteiger partial charge in [0.15, 0.2) is 0 Å². The Morgan fingerprint density at radius 1 is 1.00 bits per heavy atom. The Labute approximate surface area is 90.5 Å². The van der Waals surface area contributed by atoms with Gasteiger partial charge >= 0.3 is 12.1 Å². The second-order valence-electron chi connectivity index (χ2n) is 2.82. The van der Waals surface area contributed by atoms with E-state index in [1.54, 1.807) is 0 Å². The van der Waals surface area contributed by atoms with Crippen LogP contribution in [0.5, 0.6) is 0 Å². The Hall–Kier alpha value is -2.39. The minimum atomic E-state index is -0.874. The van der Waals surface area contributed by atoms with Crippen molar-refractivity contribution in [1.29, 1.82) is 0 Å². The number of hydrazine groups is 2. The highest BCUT2D eigenvalue weighted by atomic mass is 16.2. The first-order valence-electron chi connectivity index (χ1n) is 4.07. The average Bonchev–Trinajstić information content (AvgIpc) is 2.26. The number of urea groups is 2. The molecule has 8 N–H and O–H groups in total. The maximum Gasteiger partial charge on any atom is 0.333 e. The summed E-state index contributed by atoms with van der Waals surface area (Å²) in [5.41, 5.74) is 10.3. The van der Waals surface area contributed by atoms with E-state index >= 15 is 0 Å². The highest BCUT2D eigenvalue weighted by Gasteiger charge is 2.12. The van der Waals surface area contributed by atoms with E-state index in [9.17, 15) is 9.59 Å². The summed E-state index contributed by atoms with van der Waals surface area (Å²) in [4.78, 5) is 25.3. The zero-order valence-corrected chi connectivity index (χ0v) is 8.20. The standard InChI is InChI=1S/C7H11N7O2/c8-6(15)13(10)4-1-5(3-12-2-4)14(11)7(9)16/h1-3H,10-11H2,(H2,8,15)(H2,9,16). The lowest BCUT2D eigenvalue weighted by Gasteiger charge is -2.17. The smallest absolute Gasteiger partial charge is 0.333 e. The molecule has 86 valence electrons. The average molecular weight is 225 g/mol. The minimum absolute atomic E-state index is 0.182. The second kappa shape index (κ2) is 4.42. The van der Waals surface area contributed by atoms with Gasteiger partial charge in [-0.2, -0.15) is 0 Å². The van der Waals surface area contributed by atoms with Gasteiger partial charge in [-0.3, -0.25) is 4.98 Å². The number of aromatic nitrogens is 1. The van der Waals surface area contributed by atoms with Crippen molar-refractivity contribution in [3.05, 3.63) is 18.5 Å². The van der Waals surface area contributed by atoms with Crippen LogP contribution in [0.2, 0.25) is 0 Å². The number of nitrogens with two attached hydrogens (primary N) is 4. The number of anilines is 2. The molecule has 1 aromatic rings. The Bertz CT molecular complexity index is 386. The first-order chi connectivity index (χ1) is 7.43. The van der Waals surface area contributed by atoms with Crippen molar-refractivity contribution in [2.75, 3.05) is 10.0 Å². The van der Waals surface area contributed by atoms with Crippen LogP contribution in [0, 0.1) is 0 Å². The molecule has 1 heterocycles. The van der Waals surface area contributed by atoms with E-state index < -0.39 is 12.1 Å². The summed E-state index contributed by atoms with van der Waals surface area (Å²) >= 11 is 0. The van der Waals surface area contributed by atoms with E-state index in [0.29, 0.717) is 10.0 Å². The number of hydrogen-bond acceptors (Lipinski definition) is 5. The molecule has 1 rings (SSSR count). The molecule has 0 radical (unpaired) electrons. The molecule has 0 saturated carbocycles.